The molecule has 0 saturated carbocycles. The first-order chi connectivity index (χ1) is 12.0. The monoisotopic (exact) mass is 332 g/mol. The quantitative estimate of drug-likeness (QED) is 0.577. The van der Waals surface area contributed by atoms with Gasteiger partial charge in [-0.05, 0) is 51.3 Å². The van der Waals surface area contributed by atoms with Gasteiger partial charge in [0.1, 0.15) is 0 Å². The topological polar surface area (TPSA) is 68.9 Å². The molecule has 0 bridgehead atoms. The summed E-state index contributed by atoms with van der Waals surface area (Å²) in [6.07, 6.45) is 5.16. The zero-order valence-corrected chi connectivity index (χ0v) is 14.9. The first kappa shape index (κ1) is 15.6. The fraction of sp³-hybridized carbons (Fsp3) is 0.316. The Balaban J connectivity index is 1.63. The molecule has 0 saturated heterocycles. The van der Waals surface area contributed by atoms with Gasteiger partial charge in [0.25, 0.3) is 0 Å². The normalized spacial score (nSPS) is 11.5. The van der Waals surface area contributed by atoms with Crippen molar-refractivity contribution in [1.29, 1.82) is 0 Å². The standard InChI is InChI=1S/C19H20N6/c1-11-5-7-16-18(13(11)3)22-15(10-21-16)6-8-17-23-19-14(4)20-9-12(2)25(19)24-17/h5,7,9-10H,6,8H2,1-4H3. The fourth-order valence-electron chi connectivity index (χ4n) is 2.95. The minimum atomic E-state index is 0.728. The minimum Gasteiger partial charge on any atom is -0.256 e. The molecule has 4 aromatic rings. The Morgan fingerprint density at radius 3 is 2.56 bits per heavy atom. The Morgan fingerprint density at radius 1 is 0.920 bits per heavy atom. The third-order valence-corrected chi connectivity index (χ3v) is 4.65. The molecule has 1 aromatic carbocycles. The molecule has 6 heteroatoms. The lowest BCUT2D eigenvalue weighted by atomic mass is 10.1. The van der Waals surface area contributed by atoms with Crippen LogP contribution in [0, 0.1) is 27.7 Å². The Labute approximate surface area is 146 Å². The highest BCUT2D eigenvalue weighted by molar-refractivity contribution is 5.78. The van der Waals surface area contributed by atoms with Crippen LogP contribution in [0.15, 0.2) is 24.5 Å². The van der Waals surface area contributed by atoms with Crippen LogP contribution in [0.2, 0.25) is 0 Å². The van der Waals surface area contributed by atoms with Gasteiger partial charge >= 0.3 is 0 Å². The molecule has 0 radical (unpaired) electrons. The van der Waals surface area contributed by atoms with Gasteiger partial charge in [0.05, 0.1) is 28.1 Å². The lowest BCUT2D eigenvalue weighted by Gasteiger charge is -2.06. The summed E-state index contributed by atoms with van der Waals surface area (Å²) in [6, 6.07) is 4.11. The predicted octanol–water partition coefficient (Wildman–Crippen LogP) is 3.09. The van der Waals surface area contributed by atoms with Crippen molar-refractivity contribution in [2.75, 3.05) is 0 Å². The van der Waals surface area contributed by atoms with Crippen molar-refractivity contribution in [3.63, 3.8) is 0 Å². The van der Waals surface area contributed by atoms with Crippen LogP contribution in [0.5, 0.6) is 0 Å². The van der Waals surface area contributed by atoms with E-state index < -0.39 is 0 Å². The number of hydrogen-bond donors (Lipinski definition) is 0. The van der Waals surface area contributed by atoms with Gasteiger partial charge in [-0.3, -0.25) is 9.97 Å². The van der Waals surface area contributed by atoms with E-state index in [4.69, 9.17) is 4.98 Å². The summed E-state index contributed by atoms with van der Waals surface area (Å²) in [5.74, 6) is 0.807. The Morgan fingerprint density at radius 2 is 1.76 bits per heavy atom. The second-order valence-electron chi connectivity index (χ2n) is 6.48. The van der Waals surface area contributed by atoms with Crippen molar-refractivity contribution in [2.45, 2.75) is 40.5 Å². The number of aromatic nitrogens is 6. The van der Waals surface area contributed by atoms with E-state index in [2.05, 4.69) is 40.0 Å². The van der Waals surface area contributed by atoms with Gasteiger partial charge in [0, 0.05) is 18.8 Å². The fourth-order valence-corrected chi connectivity index (χ4v) is 2.95. The molecule has 0 fully saturated rings. The summed E-state index contributed by atoms with van der Waals surface area (Å²) in [7, 11) is 0. The van der Waals surface area contributed by atoms with Crippen molar-refractivity contribution in [2.24, 2.45) is 0 Å². The van der Waals surface area contributed by atoms with Crippen molar-refractivity contribution >= 4 is 16.7 Å². The summed E-state index contributed by atoms with van der Waals surface area (Å²) in [5.41, 5.74) is 8.01. The van der Waals surface area contributed by atoms with Gasteiger partial charge in [-0.1, -0.05) is 6.07 Å². The molecule has 4 rings (SSSR count). The molecule has 3 heterocycles. The van der Waals surface area contributed by atoms with Crippen LogP contribution >= 0.6 is 0 Å². The van der Waals surface area contributed by atoms with E-state index >= 15 is 0 Å². The molecule has 0 aliphatic carbocycles. The van der Waals surface area contributed by atoms with E-state index in [0.29, 0.717) is 0 Å². The summed E-state index contributed by atoms with van der Waals surface area (Å²) in [5, 5.41) is 4.60. The maximum absolute atomic E-state index is 4.80. The largest absolute Gasteiger partial charge is 0.256 e. The lowest BCUT2D eigenvalue weighted by molar-refractivity contribution is 0.805. The number of rotatable bonds is 3. The highest BCUT2D eigenvalue weighted by atomic mass is 15.3. The summed E-state index contributed by atoms with van der Waals surface area (Å²) in [6.45, 7) is 8.13. The van der Waals surface area contributed by atoms with Gasteiger partial charge in [0.15, 0.2) is 11.5 Å². The highest BCUT2D eigenvalue weighted by Gasteiger charge is 2.10. The van der Waals surface area contributed by atoms with E-state index in [1.807, 2.05) is 36.8 Å². The van der Waals surface area contributed by atoms with Crippen molar-refractivity contribution in [3.8, 4) is 0 Å². The van der Waals surface area contributed by atoms with E-state index in [1.54, 1.807) is 0 Å². The minimum absolute atomic E-state index is 0.728. The molecule has 126 valence electrons. The molecule has 0 amide bonds. The van der Waals surface area contributed by atoms with Gasteiger partial charge < -0.3 is 0 Å². The van der Waals surface area contributed by atoms with Crippen molar-refractivity contribution < 1.29 is 0 Å². The van der Waals surface area contributed by atoms with Gasteiger partial charge in [0.2, 0.25) is 0 Å². The molecule has 0 unspecified atom stereocenters. The lowest BCUT2D eigenvalue weighted by Crippen LogP contribution is -2.00. The molecule has 0 atom stereocenters. The van der Waals surface area contributed by atoms with E-state index in [1.165, 1.54) is 11.1 Å². The van der Waals surface area contributed by atoms with Crippen LogP contribution in [-0.4, -0.2) is 29.5 Å². The van der Waals surface area contributed by atoms with E-state index in [-0.39, 0.29) is 0 Å². The SMILES string of the molecule is Cc1ccc2ncc(CCc3nc4c(C)ncc(C)n4n3)nc2c1C. The van der Waals surface area contributed by atoms with Crippen molar-refractivity contribution in [1.82, 2.24) is 29.5 Å². The van der Waals surface area contributed by atoms with Crippen LogP contribution in [0.4, 0.5) is 0 Å². The average Bonchev–Trinajstić information content (AvgIpc) is 3.05. The molecular weight excluding hydrogens is 312 g/mol. The molecule has 0 aliphatic heterocycles. The number of nitrogens with zero attached hydrogens (tertiary/aromatic N) is 6. The predicted molar refractivity (Wildman–Crippen MR) is 96.7 cm³/mol. The maximum atomic E-state index is 4.80. The molecule has 25 heavy (non-hydrogen) atoms. The van der Waals surface area contributed by atoms with E-state index in [0.717, 1.165) is 52.4 Å². The summed E-state index contributed by atoms with van der Waals surface area (Å²) >= 11 is 0. The molecular formula is C19H20N6. The van der Waals surface area contributed by atoms with Crippen molar-refractivity contribution in [3.05, 3.63) is 58.6 Å². The second-order valence-corrected chi connectivity index (χ2v) is 6.48. The van der Waals surface area contributed by atoms with Crippen LogP contribution < -0.4 is 0 Å². The molecule has 6 nitrogen and oxygen atoms in total. The first-order valence-electron chi connectivity index (χ1n) is 8.42. The Bertz CT molecular complexity index is 1060. The molecule has 0 spiro atoms. The van der Waals surface area contributed by atoms with Gasteiger partial charge in [-0.15, -0.1) is 0 Å². The summed E-state index contributed by atoms with van der Waals surface area (Å²) in [4.78, 5) is 18.3. The zero-order chi connectivity index (χ0) is 17.6. The van der Waals surface area contributed by atoms with Crippen LogP contribution in [0.25, 0.3) is 16.7 Å². The third kappa shape index (κ3) is 2.73. The van der Waals surface area contributed by atoms with E-state index in [9.17, 15) is 0 Å². The van der Waals surface area contributed by atoms with Crippen LogP contribution in [0.3, 0.4) is 0 Å². The molecule has 0 aliphatic rings. The zero-order valence-electron chi connectivity index (χ0n) is 14.9. The van der Waals surface area contributed by atoms with Gasteiger partial charge in [-0.2, -0.15) is 5.10 Å². The summed E-state index contributed by atoms with van der Waals surface area (Å²) < 4.78 is 1.86. The molecule has 0 N–H and O–H groups in total. The van der Waals surface area contributed by atoms with Crippen LogP contribution in [-0.2, 0) is 12.8 Å². The smallest absolute Gasteiger partial charge is 0.177 e. The Hall–Kier alpha value is -2.89. The Kier molecular flexibility index (Phi) is 3.67. The maximum Gasteiger partial charge on any atom is 0.177 e. The second kappa shape index (κ2) is 5.88. The number of fused-ring (bicyclic) bond motifs is 2. The third-order valence-electron chi connectivity index (χ3n) is 4.65. The number of aryl methyl sites for hydroxylation is 6. The van der Waals surface area contributed by atoms with Gasteiger partial charge in [-0.25, -0.2) is 14.5 Å². The first-order valence-corrected chi connectivity index (χ1v) is 8.42. The highest BCUT2D eigenvalue weighted by Crippen LogP contribution is 2.18. The number of benzene rings is 1. The molecule has 3 aromatic heterocycles. The average molecular weight is 332 g/mol. The van der Waals surface area contributed by atoms with Crippen LogP contribution in [0.1, 0.15) is 34.0 Å². The number of hydrogen-bond acceptors (Lipinski definition) is 5.